The molecule has 0 saturated carbocycles. The van der Waals surface area contributed by atoms with Gasteiger partial charge in [0.25, 0.3) is 0 Å². The topological polar surface area (TPSA) is 87.3 Å². The zero-order valence-corrected chi connectivity index (χ0v) is 13.1. The van der Waals surface area contributed by atoms with Crippen molar-refractivity contribution in [1.82, 2.24) is 9.97 Å². The van der Waals surface area contributed by atoms with Crippen molar-refractivity contribution in [2.75, 3.05) is 23.5 Å². The van der Waals surface area contributed by atoms with Crippen LogP contribution in [0.25, 0.3) is 0 Å². The normalized spacial score (nSPS) is 19.4. The second kappa shape index (κ2) is 7.56. The highest BCUT2D eigenvalue weighted by Crippen LogP contribution is 2.28. The van der Waals surface area contributed by atoms with E-state index in [0.717, 1.165) is 55.9 Å². The summed E-state index contributed by atoms with van der Waals surface area (Å²) >= 11 is 0. The highest BCUT2D eigenvalue weighted by atomic mass is 16.3. The van der Waals surface area contributed by atoms with Gasteiger partial charge in [-0.1, -0.05) is 19.8 Å². The number of nitrogens with two attached hydrogens (primary N) is 1. The molecular formula is C15H27N5O. The molecule has 0 radical (unpaired) electrons. The number of rotatable bonds is 5. The number of hydrogen-bond acceptors (Lipinski definition) is 6. The van der Waals surface area contributed by atoms with Crippen molar-refractivity contribution < 1.29 is 5.11 Å². The number of aliphatic hydroxyl groups excluding tert-OH is 1. The Morgan fingerprint density at radius 1 is 1.33 bits per heavy atom. The first kappa shape index (κ1) is 16.0. The first-order valence-corrected chi connectivity index (χ1v) is 7.92. The van der Waals surface area contributed by atoms with Crippen LogP contribution in [0, 0.1) is 6.92 Å². The van der Waals surface area contributed by atoms with E-state index in [1.807, 2.05) is 6.92 Å². The van der Waals surface area contributed by atoms with Gasteiger partial charge in [-0.2, -0.15) is 0 Å². The summed E-state index contributed by atoms with van der Waals surface area (Å²) in [5, 5.41) is 9.71. The molecule has 1 unspecified atom stereocenters. The van der Waals surface area contributed by atoms with Gasteiger partial charge in [0.2, 0.25) is 0 Å². The summed E-state index contributed by atoms with van der Waals surface area (Å²) in [6.45, 7) is 5.19. The van der Waals surface area contributed by atoms with Crippen LogP contribution >= 0.6 is 0 Å². The minimum absolute atomic E-state index is 0.140. The minimum Gasteiger partial charge on any atom is -0.394 e. The van der Waals surface area contributed by atoms with Crippen LogP contribution in [0.2, 0.25) is 0 Å². The Kier molecular flexibility index (Phi) is 5.76. The van der Waals surface area contributed by atoms with Crippen molar-refractivity contribution in [3.63, 3.8) is 0 Å². The molecule has 0 amide bonds. The maximum absolute atomic E-state index is 9.71. The summed E-state index contributed by atoms with van der Waals surface area (Å²) in [5.74, 6) is 8.02. The molecule has 1 fully saturated rings. The van der Waals surface area contributed by atoms with E-state index in [2.05, 4.69) is 22.2 Å². The molecule has 1 aromatic rings. The Morgan fingerprint density at radius 2 is 2.14 bits per heavy atom. The highest BCUT2D eigenvalue weighted by molar-refractivity contribution is 5.58. The molecule has 1 aliphatic rings. The van der Waals surface area contributed by atoms with Crippen LogP contribution in [0.4, 0.5) is 11.6 Å². The van der Waals surface area contributed by atoms with Crippen molar-refractivity contribution in [3.8, 4) is 0 Å². The van der Waals surface area contributed by atoms with Gasteiger partial charge in [-0.3, -0.25) is 0 Å². The van der Waals surface area contributed by atoms with Gasteiger partial charge >= 0.3 is 0 Å². The SMILES string of the molecule is CCCc1nc(NN)c(C)c(N2CCCCCC2CO)n1. The molecule has 1 atom stereocenters. The fourth-order valence-corrected chi connectivity index (χ4v) is 2.95. The molecule has 6 heteroatoms. The molecule has 1 aliphatic heterocycles. The summed E-state index contributed by atoms with van der Waals surface area (Å²) in [6, 6.07) is 0.140. The molecule has 0 aromatic carbocycles. The summed E-state index contributed by atoms with van der Waals surface area (Å²) in [5.41, 5.74) is 3.64. The van der Waals surface area contributed by atoms with Gasteiger partial charge in [-0.05, 0) is 26.2 Å². The summed E-state index contributed by atoms with van der Waals surface area (Å²) in [7, 11) is 0. The Morgan fingerprint density at radius 3 is 2.81 bits per heavy atom. The van der Waals surface area contributed by atoms with Crippen molar-refractivity contribution in [1.29, 1.82) is 0 Å². The maximum Gasteiger partial charge on any atom is 0.148 e. The van der Waals surface area contributed by atoms with Crippen LogP contribution in [0.3, 0.4) is 0 Å². The summed E-state index contributed by atoms with van der Waals surface area (Å²) < 4.78 is 0. The lowest BCUT2D eigenvalue weighted by Gasteiger charge is -2.31. The molecule has 0 bridgehead atoms. The van der Waals surface area contributed by atoms with Gasteiger partial charge in [0.1, 0.15) is 17.5 Å². The lowest BCUT2D eigenvalue weighted by atomic mass is 10.1. The fourth-order valence-electron chi connectivity index (χ4n) is 2.95. The Labute approximate surface area is 126 Å². The van der Waals surface area contributed by atoms with Gasteiger partial charge < -0.3 is 15.4 Å². The smallest absolute Gasteiger partial charge is 0.148 e. The lowest BCUT2D eigenvalue weighted by Crippen LogP contribution is -2.39. The Balaban J connectivity index is 2.41. The number of hydrazine groups is 1. The number of aliphatic hydroxyl groups is 1. The van der Waals surface area contributed by atoms with Crippen molar-refractivity contribution in [3.05, 3.63) is 11.4 Å². The number of aromatic nitrogens is 2. The average Bonchev–Trinajstić information content (AvgIpc) is 2.74. The predicted molar refractivity (Wildman–Crippen MR) is 85.3 cm³/mol. The number of nitrogen functional groups attached to an aromatic ring is 1. The van der Waals surface area contributed by atoms with Gasteiger partial charge in [-0.15, -0.1) is 0 Å². The minimum atomic E-state index is 0.140. The second-order valence-electron chi connectivity index (χ2n) is 5.71. The number of nitrogens with one attached hydrogen (secondary N) is 1. The van der Waals surface area contributed by atoms with E-state index in [-0.39, 0.29) is 12.6 Å². The molecule has 1 aromatic heterocycles. The third-order valence-electron chi connectivity index (χ3n) is 4.14. The van der Waals surface area contributed by atoms with Crippen LogP contribution in [-0.2, 0) is 6.42 Å². The van der Waals surface area contributed by atoms with E-state index in [9.17, 15) is 5.11 Å². The quantitative estimate of drug-likeness (QED) is 0.566. The van der Waals surface area contributed by atoms with Crippen molar-refractivity contribution in [2.45, 2.75) is 58.4 Å². The first-order valence-electron chi connectivity index (χ1n) is 7.92. The zero-order chi connectivity index (χ0) is 15.2. The van der Waals surface area contributed by atoms with E-state index < -0.39 is 0 Å². The molecule has 118 valence electrons. The molecule has 2 heterocycles. The van der Waals surface area contributed by atoms with E-state index in [1.54, 1.807) is 0 Å². The Bertz CT molecular complexity index is 466. The van der Waals surface area contributed by atoms with E-state index >= 15 is 0 Å². The molecule has 1 saturated heterocycles. The van der Waals surface area contributed by atoms with E-state index in [0.29, 0.717) is 5.82 Å². The van der Waals surface area contributed by atoms with Crippen molar-refractivity contribution in [2.24, 2.45) is 5.84 Å². The fraction of sp³-hybridized carbons (Fsp3) is 0.733. The van der Waals surface area contributed by atoms with Crippen LogP contribution in [-0.4, -0.2) is 34.3 Å². The lowest BCUT2D eigenvalue weighted by molar-refractivity contribution is 0.254. The monoisotopic (exact) mass is 293 g/mol. The molecular weight excluding hydrogens is 266 g/mol. The molecule has 0 spiro atoms. The van der Waals surface area contributed by atoms with Crippen molar-refractivity contribution >= 4 is 11.6 Å². The maximum atomic E-state index is 9.71. The summed E-state index contributed by atoms with van der Waals surface area (Å²) in [6.07, 6.45) is 6.34. The van der Waals surface area contributed by atoms with Gasteiger partial charge in [0.05, 0.1) is 12.6 Å². The first-order chi connectivity index (χ1) is 10.2. The average molecular weight is 293 g/mol. The number of aryl methyl sites for hydroxylation is 1. The molecule has 4 N–H and O–H groups in total. The molecule has 6 nitrogen and oxygen atoms in total. The predicted octanol–water partition coefficient (Wildman–Crippen LogP) is 1.76. The standard InChI is InChI=1S/C15H27N5O/c1-3-7-13-17-14(19-16)11(2)15(18-13)20-9-6-4-5-8-12(20)10-21/h12,21H,3-10,16H2,1-2H3,(H,17,18,19). The van der Waals surface area contributed by atoms with E-state index in [1.165, 1.54) is 6.42 Å². The van der Waals surface area contributed by atoms with Crippen LogP contribution in [0.15, 0.2) is 0 Å². The molecule has 2 rings (SSSR count). The molecule has 21 heavy (non-hydrogen) atoms. The largest absolute Gasteiger partial charge is 0.394 e. The zero-order valence-electron chi connectivity index (χ0n) is 13.1. The van der Waals surface area contributed by atoms with Gasteiger partial charge in [-0.25, -0.2) is 15.8 Å². The molecule has 0 aliphatic carbocycles. The van der Waals surface area contributed by atoms with Crippen LogP contribution in [0.1, 0.15) is 50.4 Å². The van der Waals surface area contributed by atoms with Crippen LogP contribution < -0.4 is 16.2 Å². The number of nitrogens with zero attached hydrogens (tertiary/aromatic N) is 3. The Hall–Kier alpha value is -1.40. The highest BCUT2D eigenvalue weighted by Gasteiger charge is 2.24. The number of anilines is 2. The second-order valence-corrected chi connectivity index (χ2v) is 5.71. The van der Waals surface area contributed by atoms with Gasteiger partial charge in [0.15, 0.2) is 0 Å². The van der Waals surface area contributed by atoms with Gasteiger partial charge in [0, 0.05) is 18.5 Å². The van der Waals surface area contributed by atoms with E-state index in [4.69, 9.17) is 10.8 Å². The van der Waals surface area contributed by atoms with Crippen LogP contribution in [0.5, 0.6) is 0 Å². The summed E-state index contributed by atoms with van der Waals surface area (Å²) in [4.78, 5) is 11.5. The number of hydrogen-bond donors (Lipinski definition) is 3. The third-order valence-corrected chi connectivity index (χ3v) is 4.14. The third kappa shape index (κ3) is 3.63.